The third-order valence-electron chi connectivity index (χ3n) is 0.717. The molecule has 9 heavy (non-hydrogen) atoms. The number of hydrogen-bond donors (Lipinski definition) is 1. The van der Waals surface area contributed by atoms with E-state index < -0.39 is 5.97 Å². The Morgan fingerprint density at radius 3 is 2.78 bits per heavy atom. The van der Waals surface area contributed by atoms with Crippen molar-refractivity contribution in [3.05, 3.63) is 17.9 Å². The normalized spacial score (nSPS) is 7.67. The van der Waals surface area contributed by atoms with Gasteiger partial charge >= 0.3 is 5.97 Å². The topological polar surface area (TPSA) is 37.3 Å². The first-order valence-electron chi connectivity index (χ1n) is 2.88. The second-order valence-electron chi connectivity index (χ2n) is 1.58. The minimum absolute atomic E-state index is 0.0660. The van der Waals surface area contributed by atoms with Gasteiger partial charge in [0, 0.05) is 0 Å². The molecule has 0 bridgehead atoms. The van der Waals surface area contributed by atoms with Crippen molar-refractivity contribution in [1.82, 2.24) is 0 Å². The zero-order valence-electron chi connectivity index (χ0n) is 5.42. The number of hydrogen-bond acceptors (Lipinski definition) is 1. The van der Waals surface area contributed by atoms with Crippen molar-refractivity contribution >= 4 is 5.97 Å². The predicted octanol–water partition coefficient (Wildman–Crippen LogP) is 1.58. The van der Waals surface area contributed by atoms with Gasteiger partial charge in [0.25, 0.3) is 0 Å². The molecule has 0 atom stereocenters. The van der Waals surface area contributed by atoms with Gasteiger partial charge in [-0.2, -0.15) is 0 Å². The van der Waals surface area contributed by atoms with Gasteiger partial charge in [0.2, 0.25) is 0 Å². The number of rotatable bonds is 3. The van der Waals surface area contributed by atoms with E-state index in [9.17, 15) is 4.79 Å². The van der Waals surface area contributed by atoms with Crippen LogP contribution in [0.4, 0.5) is 0 Å². The van der Waals surface area contributed by atoms with Gasteiger partial charge in [0.05, 0.1) is 6.42 Å². The smallest absolute Gasteiger partial charge is 0.307 e. The maximum absolute atomic E-state index is 9.88. The Kier molecular flexibility index (Phi) is 4.56. The standard InChI is InChI=1S/C7H10O2/c1-2-3-4-5-6-7(8)9/h3,5H,2,6H2,1H3,(H,8,9). The van der Waals surface area contributed by atoms with Crippen LogP contribution in [0.15, 0.2) is 17.9 Å². The number of carboxylic acids is 1. The molecule has 0 aliphatic carbocycles. The second-order valence-corrected chi connectivity index (χ2v) is 1.58. The zero-order chi connectivity index (χ0) is 7.11. The molecule has 0 unspecified atom stereocenters. The van der Waals surface area contributed by atoms with Crippen molar-refractivity contribution in [1.29, 1.82) is 0 Å². The SMILES string of the molecule is CCC=C=CCC(=O)O. The minimum Gasteiger partial charge on any atom is -0.481 e. The van der Waals surface area contributed by atoms with Crippen LogP contribution >= 0.6 is 0 Å². The van der Waals surface area contributed by atoms with Crippen LogP contribution in [0.5, 0.6) is 0 Å². The van der Waals surface area contributed by atoms with Gasteiger partial charge in [-0.25, -0.2) is 0 Å². The highest BCUT2D eigenvalue weighted by Gasteiger charge is 1.85. The van der Waals surface area contributed by atoms with E-state index in [0.717, 1.165) is 6.42 Å². The lowest BCUT2D eigenvalue weighted by atomic mass is 10.4. The van der Waals surface area contributed by atoms with Crippen molar-refractivity contribution in [2.45, 2.75) is 19.8 Å². The molecular weight excluding hydrogens is 116 g/mol. The van der Waals surface area contributed by atoms with Crippen LogP contribution in [0.25, 0.3) is 0 Å². The molecule has 0 radical (unpaired) electrons. The van der Waals surface area contributed by atoms with Gasteiger partial charge in [0.1, 0.15) is 0 Å². The highest BCUT2D eigenvalue weighted by atomic mass is 16.4. The lowest BCUT2D eigenvalue weighted by Crippen LogP contribution is -1.88. The monoisotopic (exact) mass is 126 g/mol. The third kappa shape index (κ3) is 6.99. The number of carboxylic acid groups (broad SMARTS) is 1. The summed E-state index contributed by atoms with van der Waals surface area (Å²) in [5, 5.41) is 8.13. The Morgan fingerprint density at radius 2 is 2.33 bits per heavy atom. The molecule has 50 valence electrons. The average Bonchev–Trinajstić information content (AvgIpc) is 1.80. The largest absolute Gasteiger partial charge is 0.481 e. The summed E-state index contributed by atoms with van der Waals surface area (Å²) in [4.78, 5) is 9.88. The Bertz CT molecular complexity index is 141. The van der Waals surface area contributed by atoms with Gasteiger partial charge in [-0.1, -0.05) is 6.92 Å². The third-order valence-corrected chi connectivity index (χ3v) is 0.717. The van der Waals surface area contributed by atoms with E-state index >= 15 is 0 Å². The summed E-state index contributed by atoms with van der Waals surface area (Å²) in [5.41, 5.74) is 2.74. The fraction of sp³-hybridized carbons (Fsp3) is 0.429. The lowest BCUT2D eigenvalue weighted by molar-refractivity contribution is -0.135. The quantitative estimate of drug-likeness (QED) is 0.583. The van der Waals surface area contributed by atoms with Gasteiger partial charge in [0.15, 0.2) is 0 Å². The maximum atomic E-state index is 9.88. The highest BCUT2D eigenvalue weighted by Crippen LogP contribution is 1.80. The number of aliphatic carboxylic acids is 1. The second kappa shape index (κ2) is 5.13. The van der Waals surface area contributed by atoms with Crippen LogP contribution in [0.3, 0.4) is 0 Å². The molecule has 0 aromatic rings. The minimum atomic E-state index is -0.813. The van der Waals surface area contributed by atoms with E-state index in [1.165, 1.54) is 6.08 Å². The predicted molar refractivity (Wildman–Crippen MR) is 35.2 cm³/mol. The van der Waals surface area contributed by atoms with Crippen LogP contribution in [0.1, 0.15) is 19.8 Å². The molecule has 2 nitrogen and oxygen atoms in total. The van der Waals surface area contributed by atoms with Crippen LogP contribution in [-0.4, -0.2) is 11.1 Å². The van der Waals surface area contributed by atoms with Crippen molar-refractivity contribution in [2.75, 3.05) is 0 Å². The molecule has 0 heterocycles. The van der Waals surface area contributed by atoms with Crippen molar-refractivity contribution < 1.29 is 9.90 Å². The molecule has 0 fully saturated rings. The molecule has 0 aromatic carbocycles. The zero-order valence-corrected chi connectivity index (χ0v) is 5.42. The van der Waals surface area contributed by atoms with Crippen molar-refractivity contribution in [3.63, 3.8) is 0 Å². The molecule has 0 spiro atoms. The molecule has 0 amide bonds. The van der Waals surface area contributed by atoms with E-state index in [2.05, 4.69) is 5.73 Å². The summed E-state index contributed by atoms with van der Waals surface area (Å²) in [6.45, 7) is 1.97. The summed E-state index contributed by atoms with van der Waals surface area (Å²) in [5.74, 6) is -0.813. The summed E-state index contributed by atoms with van der Waals surface area (Å²) < 4.78 is 0. The molecule has 0 saturated carbocycles. The molecule has 0 aliphatic rings. The number of carbonyl (C=O) groups is 1. The average molecular weight is 126 g/mol. The van der Waals surface area contributed by atoms with Gasteiger partial charge in [-0.05, 0) is 18.6 Å². The summed E-state index contributed by atoms with van der Waals surface area (Å²) in [6.07, 6.45) is 4.27. The molecule has 0 aromatic heterocycles. The maximum Gasteiger partial charge on any atom is 0.307 e. The Labute approximate surface area is 54.5 Å². The van der Waals surface area contributed by atoms with Gasteiger partial charge in [-0.3, -0.25) is 4.79 Å². The van der Waals surface area contributed by atoms with E-state index in [1.54, 1.807) is 6.08 Å². The van der Waals surface area contributed by atoms with Crippen LogP contribution in [0.2, 0.25) is 0 Å². The summed E-state index contributed by atoms with van der Waals surface area (Å²) in [6, 6.07) is 0. The molecule has 0 aliphatic heterocycles. The van der Waals surface area contributed by atoms with Crippen LogP contribution < -0.4 is 0 Å². The molecular formula is C7H10O2. The Morgan fingerprint density at radius 1 is 1.67 bits per heavy atom. The van der Waals surface area contributed by atoms with E-state index in [0.29, 0.717) is 0 Å². The first-order valence-corrected chi connectivity index (χ1v) is 2.88. The van der Waals surface area contributed by atoms with Crippen LogP contribution in [-0.2, 0) is 4.79 Å². The fourth-order valence-corrected chi connectivity index (χ4v) is 0.347. The molecule has 0 saturated heterocycles. The fourth-order valence-electron chi connectivity index (χ4n) is 0.347. The molecule has 0 rings (SSSR count). The lowest BCUT2D eigenvalue weighted by Gasteiger charge is -1.76. The van der Waals surface area contributed by atoms with Gasteiger partial charge < -0.3 is 5.11 Å². The van der Waals surface area contributed by atoms with Crippen molar-refractivity contribution in [3.8, 4) is 0 Å². The summed E-state index contributed by atoms with van der Waals surface area (Å²) >= 11 is 0. The van der Waals surface area contributed by atoms with Gasteiger partial charge in [-0.15, -0.1) is 5.73 Å². The van der Waals surface area contributed by atoms with Crippen LogP contribution in [0, 0.1) is 0 Å². The summed E-state index contributed by atoms with van der Waals surface area (Å²) in [7, 11) is 0. The molecule has 1 N–H and O–H groups in total. The van der Waals surface area contributed by atoms with E-state index in [1.807, 2.05) is 6.92 Å². The van der Waals surface area contributed by atoms with E-state index in [-0.39, 0.29) is 6.42 Å². The van der Waals surface area contributed by atoms with E-state index in [4.69, 9.17) is 5.11 Å². The first-order chi connectivity index (χ1) is 4.27. The Balaban J connectivity index is 3.47. The highest BCUT2D eigenvalue weighted by molar-refractivity contribution is 5.68. The first kappa shape index (κ1) is 7.99. The van der Waals surface area contributed by atoms with Crippen molar-refractivity contribution in [2.24, 2.45) is 0 Å². The molecule has 2 heteroatoms. The Hall–Kier alpha value is -1.01.